The first-order valence-corrected chi connectivity index (χ1v) is 19.7. The van der Waals surface area contributed by atoms with Gasteiger partial charge in [-0.2, -0.15) is 0 Å². The second-order valence-electron chi connectivity index (χ2n) is 15.4. The van der Waals surface area contributed by atoms with Crippen molar-refractivity contribution >= 4 is 27.7 Å². The molecule has 4 unspecified atom stereocenters. The van der Waals surface area contributed by atoms with Gasteiger partial charge >= 0.3 is 0 Å². The van der Waals surface area contributed by atoms with Crippen LogP contribution in [0.5, 0.6) is 0 Å². The van der Waals surface area contributed by atoms with E-state index in [1.54, 1.807) is 0 Å². The quantitative estimate of drug-likeness (QED) is 0.116. The van der Waals surface area contributed by atoms with E-state index >= 15 is 0 Å². The molecule has 5 aromatic heterocycles. The molecule has 4 aliphatic rings. The Morgan fingerprint density at radius 3 is 2.59 bits per heavy atom. The minimum absolute atomic E-state index is 0.0235. The smallest absolute Gasteiger partial charge is 0.216 e. The molecular weight excluding hydrogens is 703 g/mol. The van der Waals surface area contributed by atoms with Crippen molar-refractivity contribution in [1.29, 1.82) is 0 Å². The van der Waals surface area contributed by atoms with Gasteiger partial charge in [-0.05, 0) is 98.2 Å². The Labute approximate surface area is 323 Å². The van der Waals surface area contributed by atoms with Crippen LogP contribution in [0.3, 0.4) is 0 Å². The summed E-state index contributed by atoms with van der Waals surface area (Å²) in [6.45, 7) is 1.80. The number of likely N-dealkylation sites (tertiary alicyclic amines) is 1. The Morgan fingerprint density at radius 1 is 0.875 bits per heavy atom. The van der Waals surface area contributed by atoms with Crippen molar-refractivity contribution in [3.63, 3.8) is 0 Å². The van der Waals surface area contributed by atoms with Crippen LogP contribution >= 0.6 is 0 Å². The molecular formula is C44H43N9O3. The molecule has 0 bridgehead atoms. The van der Waals surface area contributed by atoms with E-state index in [2.05, 4.69) is 91.7 Å². The maximum atomic E-state index is 10.4. The summed E-state index contributed by atoms with van der Waals surface area (Å²) in [6.07, 6.45) is 16.6. The van der Waals surface area contributed by atoms with Crippen molar-refractivity contribution in [1.82, 2.24) is 44.1 Å². The molecule has 3 aliphatic heterocycles. The first-order chi connectivity index (χ1) is 27.6. The van der Waals surface area contributed by atoms with Crippen molar-refractivity contribution in [3.8, 4) is 22.4 Å². The number of hydrogen-bond donors (Lipinski definition) is 4. The molecule has 12 heteroatoms. The first-order valence-electron chi connectivity index (χ1n) is 19.7. The lowest BCUT2D eigenvalue weighted by Crippen LogP contribution is -2.36. The van der Waals surface area contributed by atoms with Crippen molar-refractivity contribution in [3.05, 3.63) is 132 Å². The first kappa shape index (κ1) is 33.5. The van der Waals surface area contributed by atoms with E-state index in [-0.39, 0.29) is 18.3 Å². The SMILES string of the molecule is COC(O)N1CCCC1c1ncc(-c2ccc3c(c2)cc2n3C(c3ccc(-c4ccc5nccn5c4)cc3)OC3=C2CCC(c2cnc(C4CCCN4)[nH]2)=C3)[nH]1. The highest BCUT2D eigenvalue weighted by Gasteiger charge is 2.34. The lowest BCUT2D eigenvalue weighted by molar-refractivity contribution is -0.182. The van der Waals surface area contributed by atoms with E-state index in [9.17, 15) is 5.11 Å². The zero-order valence-corrected chi connectivity index (χ0v) is 31.2. The average molecular weight is 746 g/mol. The van der Waals surface area contributed by atoms with Gasteiger partial charge in [0.05, 0.1) is 47.1 Å². The zero-order valence-electron chi connectivity index (χ0n) is 31.2. The summed E-state index contributed by atoms with van der Waals surface area (Å²) in [6, 6.07) is 22.1. The average Bonchev–Trinajstić information content (AvgIpc) is 4.10. The molecule has 7 aromatic rings. The highest BCUT2D eigenvalue weighted by Crippen LogP contribution is 2.46. The molecule has 56 heavy (non-hydrogen) atoms. The fourth-order valence-electron chi connectivity index (χ4n) is 9.21. The molecule has 12 nitrogen and oxygen atoms in total. The standard InChI is InChI=1S/C44H43N9O3/c1-55-44(54)52-18-3-5-37(52)42-48-24-34(50-42)28-11-14-36-31(20-28)21-38-32-13-10-29(35-23-47-41(49-35)33-4-2-16-45-33)22-39(32)56-43(53(36)38)27-8-6-26(7-9-27)30-12-15-40-46-17-19-51(40)25-30/h6-9,11-12,14-15,17,19-25,33,37,43-45,54H,2-5,10,13,16,18H2,1H3,(H,47,49)(H,48,50). The predicted octanol–water partition coefficient (Wildman–Crippen LogP) is 7.72. The van der Waals surface area contributed by atoms with E-state index < -0.39 is 6.41 Å². The molecule has 11 rings (SSSR count). The number of fused-ring (bicyclic) bond motifs is 5. The van der Waals surface area contributed by atoms with Gasteiger partial charge in [0, 0.05) is 54.3 Å². The molecule has 1 aliphatic carbocycles. The van der Waals surface area contributed by atoms with Crippen LogP contribution in [0.15, 0.2) is 103 Å². The van der Waals surface area contributed by atoms with Gasteiger partial charge in [-0.1, -0.05) is 30.3 Å². The van der Waals surface area contributed by atoms with Crippen molar-refractivity contribution in [2.45, 2.75) is 63.3 Å². The summed E-state index contributed by atoms with van der Waals surface area (Å²) in [7, 11) is 1.53. The molecule has 0 spiro atoms. The highest BCUT2D eigenvalue weighted by molar-refractivity contribution is 5.91. The van der Waals surface area contributed by atoms with Crippen molar-refractivity contribution in [2.24, 2.45) is 0 Å². The number of aliphatic hydroxyl groups excluding tert-OH is 1. The topological polar surface area (TPSA) is 134 Å². The van der Waals surface area contributed by atoms with Crippen LogP contribution in [0.4, 0.5) is 0 Å². The molecule has 0 amide bonds. The monoisotopic (exact) mass is 745 g/mol. The highest BCUT2D eigenvalue weighted by atomic mass is 16.6. The molecule has 0 saturated carbocycles. The maximum Gasteiger partial charge on any atom is 0.216 e. The number of nitrogens with zero attached hydrogens (tertiary/aromatic N) is 6. The van der Waals surface area contributed by atoms with Gasteiger partial charge in [0.2, 0.25) is 12.6 Å². The van der Waals surface area contributed by atoms with E-state index in [1.165, 1.54) is 30.4 Å². The van der Waals surface area contributed by atoms with Crippen LogP contribution in [0.1, 0.15) is 85.4 Å². The van der Waals surface area contributed by atoms with Gasteiger partial charge < -0.3 is 38.8 Å². The van der Waals surface area contributed by atoms with Gasteiger partial charge in [-0.15, -0.1) is 0 Å². The summed E-state index contributed by atoms with van der Waals surface area (Å²) < 4.78 is 16.7. The number of benzene rings is 2. The fraction of sp³-hybridized carbons (Fsp3) is 0.295. The summed E-state index contributed by atoms with van der Waals surface area (Å²) in [5.74, 6) is 2.77. The molecule has 2 aromatic carbocycles. The number of ether oxygens (including phenoxy) is 2. The molecule has 282 valence electrons. The number of imidazole rings is 3. The molecule has 2 saturated heterocycles. The van der Waals surface area contributed by atoms with Crippen LogP contribution in [0.2, 0.25) is 0 Å². The number of nitrogens with one attached hydrogen (secondary N) is 3. The van der Waals surface area contributed by atoms with Gasteiger partial charge in [-0.25, -0.2) is 19.9 Å². The Bertz CT molecular complexity index is 2660. The molecule has 0 radical (unpaired) electrons. The molecule has 2 fully saturated rings. The fourth-order valence-corrected chi connectivity index (χ4v) is 9.21. The Hall–Kier alpha value is -5.79. The Balaban J connectivity index is 0.971. The number of pyridine rings is 1. The third-order valence-corrected chi connectivity index (χ3v) is 12.1. The van der Waals surface area contributed by atoms with Crippen LogP contribution in [-0.2, 0) is 9.47 Å². The number of aromatic amines is 2. The van der Waals surface area contributed by atoms with E-state index in [0.717, 1.165) is 113 Å². The zero-order chi connectivity index (χ0) is 37.3. The summed E-state index contributed by atoms with van der Waals surface area (Å²) in [5, 5.41) is 15.1. The van der Waals surface area contributed by atoms with E-state index in [4.69, 9.17) is 19.4 Å². The number of aromatic nitrogens is 7. The number of allylic oxidation sites excluding steroid dienone is 3. The lowest BCUT2D eigenvalue weighted by atomic mass is 9.92. The Morgan fingerprint density at radius 2 is 1.71 bits per heavy atom. The second-order valence-corrected chi connectivity index (χ2v) is 15.4. The van der Waals surface area contributed by atoms with Crippen LogP contribution in [0.25, 0.3) is 50.1 Å². The number of rotatable bonds is 8. The minimum Gasteiger partial charge on any atom is -0.466 e. The number of H-pyrrole nitrogens is 2. The molecule has 4 atom stereocenters. The van der Waals surface area contributed by atoms with Crippen LogP contribution in [0, 0.1) is 0 Å². The van der Waals surface area contributed by atoms with E-state index in [1.807, 2.05) is 40.2 Å². The van der Waals surface area contributed by atoms with Gasteiger partial charge in [-0.3, -0.25) is 0 Å². The summed E-state index contributed by atoms with van der Waals surface area (Å²) in [5.41, 5.74) is 12.0. The van der Waals surface area contributed by atoms with Gasteiger partial charge in [0.25, 0.3) is 0 Å². The van der Waals surface area contributed by atoms with E-state index in [0.29, 0.717) is 0 Å². The Kier molecular flexibility index (Phi) is 8.06. The normalized spacial score (nSPS) is 21.8. The molecule has 4 N–H and O–H groups in total. The third-order valence-electron chi connectivity index (χ3n) is 12.1. The van der Waals surface area contributed by atoms with Crippen molar-refractivity contribution < 1.29 is 14.6 Å². The number of hydrogen-bond acceptors (Lipinski definition) is 8. The number of methoxy groups -OCH3 is 1. The van der Waals surface area contributed by atoms with Crippen LogP contribution < -0.4 is 5.32 Å². The molecule has 8 heterocycles. The van der Waals surface area contributed by atoms with Crippen LogP contribution in [-0.4, -0.2) is 70.5 Å². The lowest BCUT2D eigenvalue weighted by Gasteiger charge is -2.33. The third kappa shape index (κ3) is 5.63. The summed E-state index contributed by atoms with van der Waals surface area (Å²) in [4.78, 5) is 23.1. The minimum atomic E-state index is -0.950. The summed E-state index contributed by atoms with van der Waals surface area (Å²) >= 11 is 0. The number of aliphatic hydroxyl groups is 1. The predicted molar refractivity (Wildman–Crippen MR) is 214 cm³/mol. The second kappa shape index (κ2) is 13.5. The van der Waals surface area contributed by atoms with Crippen molar-refractivity contribution in [2.75, 3.05) is 20.2 Å². The van der Waals surface area contributed by atoms with Gasteiger partial charge in [0.15, 0.2) is 0 Å². The largest absolute Gasteiger partial charge is 0.466 e. The van der Waals surface area contributed by atoms with Gasteiger partial charge in [0.1, 0.15) is 23.1 Å². The maximum absolute atomic E-state index is 10.4.